The van der Waals surface area contributed by atoms with E-state index < -0.39 is 22.4 Å². The molecule has 4 aromatic rings. The van der Waals surface area contributed by atoms with E-state index in [0.29, 0.717) is 22.2 Å². The van der Waals surface area contributed by atoms with Gasteiger partial charge in [-0.2, -0.15) is 0 Å². The Morgan fingerprint density at radius 3 is 2.74 bits per heavy atom. The van der Waals surface area contributed by atoms with Crippen LogP contribution in [0.3, 0.4) is 0 Å². The second-order valence-electron chi connectivity index (χ2n) is 8.39. The summed E-state index contributed by atoms with van der Waals surface area (Å²) in [6, 6.07) is 7.49. The molecule has 2 aromatic heterocycles. The van der Waals surface area contributed by atoms with E-state index in [2.05, 4.69) is 20.0 Å². The monoisotopic (exact) mass is 516 g/mol. The Morgan fingerprint density at radius 1 is 1.29 bits per heavy atom. The van der Waals surface area contributed by atoms with Gasteiger partial charge in [-0.1, -0.05) is 29.8 Å². The molecule has 1 aliphatic rings. The summed E-state index contributed by atoms with van der Waals surface area (Å²) >= 11 is 6.22. The van der Waals surface area contributed by atoms with Gasteiger partial charge in [0, 0.05) is 30.4 Å². The highest BCUT2D eigenvalue weighted by atomic mass is 35.5. The van der Waals surface area contributed by atoms with Crippen LogP contribution >= 0.6 is 11.6 Å². The minimum Gasteiger partial charge on any atom is -0.392 e. The van der Waals surface area contributed by atoms with Crippen molar-refractivity contribution < 1.29 is 17.9 Å². The lowest BCUT2D eigenvalue weighted by molar-refractivity contribution is 0.281. The molecule has 1 aliphatic heterocycles. The van der Waals surface area contributed by atoms with Gasteiger partial charge in [0.1, 0.15) is 22.7 Å². The number of hydrogen-bond donors (Lipinski definition) is 4. The van der Waals surface area contributed by atoms with Crippen LogP contribution in [0.15, 0.2) is 47.8 Å². The van der Waals surface area contributed by atoms with Crippen molar-refractivity contribution in [3.05, 3.63) is 64.8 Å². The molecular formula is C23H22ClFN6O3S. The topological polar surface area (TPSA) is 135 Å². The third kappa shape index (κ3) is 4.00. The van der Waals surface area contributed by atoms with Crippen LogP contribution in [0.25, 0.3) is 22.2 Å². The first-order valence-corrected chi connectivity index (χ1v) is 12.6. The highest BCUT2D eigenvalue weighted by molar-refractivity contribution is 7.92. The number of halogens is 2. The predicted octanol–water partition coefficient (Wildman–Crippen LogP) is 3.22. The van der Waals surface area contributed by atoms with Crippen LogP contribution < -0.4 is 15.8 Å². The maximum absolute atomic E-state index is 15.8. The molecule has 182 valence electrons. The molecule has 0 bridgehead atoms. The van der Waals surface area contributed by atoms with E-state index in [1.165, 1.54) is 18.5 Å². The molecule has 0 saturated carbocycles. The summed E-state index contributed by atoms with van der Waals surface area (Å²) in [5.41, 5.74) is 7.91. The number of benzene rings is 2. The van der Waals surface area contributed by atoms with Crippen molar-refractivity contribution >= 4 is 44.2 Å². The van der Waals surface area contributed by atoms with Gasteiger partial charge in [0.2, 0.25) is 0 Å². The quantitative estimate of drug-likeness (QED) is 0.309. The number of rotatable bonds is 6. The minimum absolute atomic E-state index is 0.121. The second kappa shape index (κ2) is 8.76. The molecule has 1 fully saturated rings. The Labute approximate surface area is 205 Å². The van der Waals surface area contributed by atoms with Crippen molar-refractivity contribution in [2.45, 2.75) is 24.5 Å². The molecule has 0 unspecified atom stereocenters. The van der Waals surface area contributed by atoms with Crippen LogP contribution in [0.2, 0.25) is 5.02 Å². The fourth-order valence-corrected chi connectivity index (χ4v) is 5.94. The molecule has 0 atom stereocenters. The van der Waals surface area contributed by atoms with Gasteiger partial charge in [-0.25, -0.2) is 22.8 Å². The van der Waals surface area contributed by atoms with E-state index >= 15 is 4.39 Å². The van der Waals surface area contributed by atoms with Gasteiger partial charge >= 0.3 is 0 Å². The summed E-state index contributed by atoms with van der Waals surface area (Å²) in [4.78, 5) is 8.17. The fraction of sp³-hybridized carbons (Fsp3) is 0.217. The lowest BCUT2D eigenvalue weighted by Gasteiger charge is -2.28. The standard InChI is InChI=1S/C23H22ClFN6O3S/c1-12-5-13(10-32)20(24)18(6-12)35(33,34)30-17-4-2-3-15(21(17)25)16-9-31(14-7-27-8-14)23-19(16)22(26)28-11-29-23/h2-6,9,11,14,27,30,32H,7-8,10H2,1H3,(H2,26,28,29). The average Bonchev–Trinajstić information content (AvgIpc) is 3.15. The third-order valence-corrected chi connectivity index (χ3v) is 7.99. The largest absolute Gasteiger partial charge is 0.392 e. The van der Waals surface area contributed by atoms with Gasteiger partial charge in [0.25, 0.3) is 10.0 Å². The maximum Gasteiger partial charge on any atom is 0.263 e. The smallest absolute Gasteiger partial charge is 0.263 e. The Kier molecular flexibility index (Phi) is 5.88. The van der Waals surface area contributed by atoms with Gasteiger partial charge in [-0.15, -0.1) is 0 Å². The van der Waals surface area contributed by atoms with Gasteiger partial charge in [0.05, 0.1) is 28.7 Å². The van der Waals surface area contributed by atoms with E-state index in [0.717, 1.165) is 13.1 Å². The predicted molar refractivity (Wildman–Crippen MR) is 132 cm³/mol. The number of nitrogen functional groups attached to an aromatic ring is 1. The molecule has 9 nitrogen and oxygen atoms in total. The first kappa shape index (κ1) is 23.5. The van der Waals surface area contributed by atoms with E-state index in [1.807, 2.05) is 4.57 Å². The molecule has 5 rings (SSSR count). The lowest BCUT2D eigenvalue weighted by Crippen LogP contribution is -2.43. The molecule has 0 radical (unpaired) electrons. The maximum atomic E-state index is 15.8. The zero-order chi connectivity index (χ0) is 24.9. The number of aliphatic hydroxyl groups excluding tert-OH is 1. The molecule has 3 heterocycles. The SMILES string of the molecule is Cc1cc(CO)c(Cl)c(S(=O)(=O)Nc2cccc(-c3cn(C4CNC4)c4ncnc(N)c34)c2F)c1. The lowest BCUT2D eigenvalue weighted by atomic mass is 10.0. The number of aliphatic hydroxyl groups is 1. The third-order valence-electron chi connectivity index (χ3n) is 6.04. The van der Waals surface area contributed by atoms with Crippen LogP contribution in [-0.4, -0.2) is 41.1 Å². The normalized spacial score (nSPS) is 14.3. The van der Waals surface area contributed by atoms with Gasteiger partial charge in [0.15, 0.2) is 5.82 Å². The van der Waals surface area contributed by atoms with Crippen molar-refractivity contribution in [1.82, 2.24) is 19.9 Å². The van der Waals surface area contributed by atoms with E-state index in [9.17, 15) is 13.5 Å². The summed E-state index contributed by atoms with van der Waals surface area (Å²) in [5, 5.41) is 13.1. The summed E-state index contributed by atoms with van der Waals surface area (Å²) in [6.45, 7) is 2.72. The number of nitrogens with zero attached hydrogens (tertiary/aromatic N) is 3. The molecule has 2 aromatic carbocycles. The Hall–Kier alpha value is -3.25. The fourth-order valence-electron chi connectivity index (χ4n) is 4.20. The molecule has 0 aliphatic carbocycles. The van der Waals surface area contributed by atoms with Gasteiger partial charge in [-0.3, -0.25) is 4.72 Å². The van der Waals surface area contributed by atoms with Gasteiger partial charge < -0.3 is 20.7 Å². The van der Waals surface area contributed by atoms with E-state index in [-0.39, 0.29) is 38.6 Å². The van der Waals surface area contributed by atoms with Crippen LogP contribution in [0.4, 0.5) is 15.9 Å². The molecule has 35 heavy (non-hydrogen) atoms. The molecule has 0 spiro atoms. The first-order chi connectivity index (χ1) is 16.7. The number of hydrogen-bond acceptors (Lipinski definition) is 7. The molecule has 0 amide bonds. The Morgan fingerprint density at radius 2 is 2.06 bits per heavy atom. The molecule has 5 N–H and O–H groups in total. The summed E-state index contributed by atoms with van der Waals surface area (Å²) in [5.74, 6) is -0.583. The summed E-state index contributed by atoms with van der Waals surface area (Å²) in [7, 11) is -4.27. The first-order valence-electron chi connectivity index (χ1n) is 10.7. The zero-order valence-electron chi connectivity index (χ0n) is 18.6. The number of nitrogens with one attached hydrogen (secondary N) is 2. The van der Waals surface area contributed by atoms with Gasteiger partial charge in [-0.05, 0) is 30.2 Å². The van der Waals surface area contributed by atoms with Crippen molar-refractivity contribution in [2.24, 2.45) is 0 Å². The number of fused-ring (bicyclic) bond motifs is 1. The molecule has 12 heteroatoms. The van der Waals surface area contributed by atoms with Crippen LogP contribution in [-0.2, 0) is 16.6 Å². The average molecular weight is 517 g/mol. The minimum atomic E-state index is -4.27. The number of sulfonamides is 1. The molecular weight excluding hydrogens is 495 g/mol. The number of aryl methyl sites for hydroxylation is 1. The highest BCUT2D eigenvalue weighted by Gasteiger charge is 2.27. The Balaban J connectivity index is 1.61. The van der Waals surface area contributed by atoms with Crippen molar-refractivity contribution in [2.75, 3.05) is 23.5 Å². The van der Waals surface area contributed by atoms with Crippen LogP contribution in [0.5, 0.6) is 0 Å². The van der Waals surface area contributed by atoms with Crippen LogP contribution in [0, 0.1) is 12.7 Å². The number of nitrogens with two attached hydrogens (primary N) is 1. The summed E-state index contributed by atoms with van der Waals surface area (Å²) < 4.78 is 46.3. The van der Waals surface area contributed by atoms with Crippen molar-refractivity contribution in [3.63, 3.8) is 0 Å². The highest BCUT2D eigenvalue weighted by Crippen LogP contribution is 2.38. The number of aromatic nitrogens is 3. The second-order valence-corrected chi connectivity index (χ2v) is 10.4. The Bertz CT molecular complexity index is 1570. The van der Waals surface area contributed by atoms with Crippen molar-refractivity contribution in [1.29, 1.82) is 0 Å². The molecule has 1 saturated heterocycles. The van der Waals surface area contributed by atoms with E-state index in [4.69, 9.17) is 17.3 Å². The number of anilines is 2. The van der Waals surface area contributed by atoms with E-state index in [1.54, 1.807) is 31.3 Å². The van der Waals surface area contributed by atoms with Crippen LogP contribution in [0.1, 0.15) is 17.2 Å². The summed E-state index contributed by atoms with van der Waals surface area (Å²) in [6.07, 6.45) is 3.13. The zero-order valence-corrected chi connectivity index (χ0v) is 20.2. The van der Waals surface area contributed by atoms with Crippen molar-refractivity contribution in [3.8, 4) is 11.1 Å².